The summed E-state index contributed by atoms with van der Waals surface area (Å²) in [6, 6.07) is 5.54. The van der Waals surface area contributed by atoms with E-state index in [1.807, 2.05) is 0 Å². The molecule has 8 heteroatoms. The average Bonchev–Trinajstić information content (AvgIpc) is 2.73. The zero-order valence-corrected chi connectivity index (χ0v) is 13.1. The van der Waals surface area contributed by atoms with E-state index < -0.39 is 10.0 Å². The van der Waals surface area contributed by atoms with Gasteiger partial charge in [-0.05, 0) is 31.0 Å². The van der Waals surface area contributed by atoms with E-state index in [1.54, 1.807) is 26.1 Å². The molecule has 1 atom stereocenters. The van der Waals surface area contributed by atoms with E-state index in [0.717, 1.165) is 5.56 Å². The number of benzene rings is 1. The first-order chi connectivity index (χ1) is 9.79. The van der Waals surface area contributed by atoms with E-state index >= 15 is 0 Å². The predicted molar refractivity (Wildman–Crippen MR) is 78.1 cm³/mol. The van der Waals surface area contributed by atoms with Gasteiger partial charge in [0.15, 0.2) is 0 Å². The van der Waals surface area contributed by atoms with Crippen LogP contribution in [-0.2, 0) is 23.5 Å². The number of hydrogen-bond donors (Lipinski definition) is 1. The lowest BCUT2D eigenvalue weighted by molar-refractivity contribution is 0.556. The molecule has 0 saturated heterocycles. The number of aromatic nitrogens is 2. The lowest BCUT2D eigenvalue weighted by Gasteiger charge is -2.13. The summed E-state index contributed by atoms with van der Waals surface area (Å²) in [6.07, 6.45) is 1.77. The lowest BCUT2D eigenvalue weighted by Crippen LogP contribution is -2.34. The molecule has 1 aromatic heterocycles. The summed E-state index contributed by atoms with van der Waals surface area (Å²) in [7, 11) is -2.18. The molecular weight excluding hydrogens is 317 g/mol. The van der Waals surface area contributed by atoms with Crippen molar-refractivity contribution in [2.45, 2.75) is 24.4 Å². The summed E-state index contributed by atoms with van der Waals surface area (Å²) >= 11 is 5.89. The van der Waals surface area contributed by atoms with E-state index in [9.17, 15) is 12.8 Å². The van der Waals surface area contributed by atoms with Gasteiger partial charge in [0.1, 0.15) is 11.0 Å². The van der Waals surface area contributed by atoms with Crippen molar-refractivity contribution in [3.63, 3.8) is 0 Å². The molecule has 114 valence electrons. The first-order valence-electron chi connectivity index (χ1n) is 6.23. The van der Waals surface area contributed by atoms with Crippen molar-refractivity contribution in [3.05, 3.63) is 47.1 Å². The van der Waals surface area contributed by atoms with Crippen molar-refractivity contribution >= 4 is 21.6 Å². The van der Waals surface area contributed by atoms with Crippen LogP contribution in [0, 0.1) is 5.82 Å². The summed E-state index contributed by atoms with van der Waals surface area (Å²) in [4.78, 5) is 3.79. The molecule has 0 aliphatic carbocycles. The molecule has 0 radical (unpaired) electrons. The van der Waals surface area contributed by atoms with Crippen LogP contribution in [0.25, 0.3) is 0 Å². The fourth-order valence-electron chi connectivity index (χ4n) is 1.91. The first kappa shape index (κ1) is 15.9. The van der Waals surface area contributed by atoms with E-state index in [2.05, 4.69) is 9.71 Å². The Labute approximate surface area is 127 Å². The van der Waals surface area contributed by atoms with E-state index in [4.69, 9.17) is 11.6 Å². The van der Waals surface area contributed by atoms with Gasteiger partial charge in [-0.25, -0.2) is 22.5 Å². The Morgan fingerprint density at radius 3 is 2.52 bits per heavy atom. The fourth-order valence-corrected chi connectivity index (χ4v) is 3.58. The molecule has 0 fully saturated rings. The largest absolute Gasteiger partial charge is 0.324 e. The summed E-state index contributed by atoms with van der Waals surface area (Å²) in [5.74, 6) is -0.327. The average molecular weight is 332 g/mol. The second kappa shape index (κ2) is 6.13. The first-order valence-corrected chi connectivity index (χ1v) is 8.09. The van der Waals surface area contributed by atoms with Crippen molar-refractivity contribution in [3.8, 4) is 0 Å². The maximum Gasteiger partial charge on any atom is 0.261 e. The van der Waals surface area contributed by atoms with Gasteiger partial charge in [-0.1, -0.05) is 23.7 Å². The number of rotatable bonds is 5. The molecule has 1 heterocycles. The quantitative estimate of drug-likeness (QED) is 0.912. The molecule has 2 rings (SSSR count). The van der Waals surface area contributed by atoms with Gasteiger partial charge >= 0.3 is 0 Å². The molecule has 1 N–H and O–H groups in total. The van der Waals surface area contributed by atoms with Crippen molar-refractivity contribution in [2.24, 2.45) is 7.05 Å². The van der Waals surface area contributed by atoms with E-state index in [0.29, 0.717) is 6.42 Å². The molecule has 1 unspecified atom stereocenters. The Bertz CT molecular complexity index is 728. The lowest BCUT2D eigenvalue weighted by atomic mass is 10.1. The molecule has 0 aliphatic heterocycles. The molecule has 1 aromatic carbocycles. The monoisotopic (exact) mass is 331 g/mol. The van der Waals surface area contributed by atoms with Gasteiger partial charge in [-0.2, -0.15) is 0 Å². The Balaban J connectivity index is 2.09. The molecule has 0 aliphatic rings. The highest BCUT2D eigenvalue weighted by atomic mass is 35.5. The van der Waals surface area contributed by atoms with Crippen LogP contribution in [0.15, 0.2) is 35.6 Å². The number of halogens is 2. The molecule has 2 aromatic rings. The fraction of sp³-hybridized carbons (Fsp3) is 0.308. The van der Waals surface area contributed by atoms with Crippen LogP contribution in [0.1, 0.15) is 12.5 Å². The standard InChI is InChI=1S/C13H15ClFN3O2S/c1-9(7-10-3-5-11(15)6-4-10)17-21(19,20)13-12(14)18(2)8-16-13/h3-6,8-9,17H,7H2,1-2H3. The van der Waals surface area contributed by atoms with Crippen molar-refractivity contribution in [1.29, 1.82) is 0 Å². The summed E-state index contributed by atoms with van der Waals surface area (Å²) in [5, 5.41) is -0.144. The summed E-state index contributed by atoms with van der Waals surface area (Å²) < 4.78 is 41.1. The van der Waals surface area contributed by atoms with Gasteiger partial charge < -0.3 is 4.57 Å². The molecule has 0 saturated carbocycles. The van der Waals surface area contributed by atoms with Gasteiger partial charge in [-0.15, -0.1) is 0 Å². The Morgan fingerprint density at radius 2 is 2.00 bits per heavy atom. The molecule has 0 spiro atoms. The highest BCUT2D eigenvalue weighted by Crippen LogP contribution is 2.19. The molecule has 21 heavy (non-hydrogen) atoms. The number of nitrogens with zero attached hydrogens (tertiary/aromatic N) is 2. The normalized spacial score (nSPS) is 13.3. The van der Waals surface area contributed by atoms with Crippen LogP contribution < -0.4 is 4.72 Å². The second-order valence-electron chi connectivity index (χ2n) is 4.80. The number of nitrogens with one attached hydrogen (secondary N) is 1. The highest BCUT2D eigenvalue weighted by Gasteiger charge is 2.24. The molecular formula is C13H15ClFN3O2S. The number of imidazole rings is 1. The highest BCUT2D eigenvalue weighted by molar-refractivity contribution is 7.89. The van der Waals surface area contributed by atoms with Gasteiger partial charge in [0.2, 0.25) is 5.03 Å². The van der Waals surface area contributed by atoms with Crippen molar-refractivity contribution < 1.29 is 12.8 Å². The number of sulfonamides is 1. The van der Waals surface area contributed by atoms with Gasteiger partial charge in [-0.3, -0.25) is 0 Å². The maximum absolute atomic E-state index is 12.8. The SMILES string of the molecule is CC(Cc1ccc(F)cc1)NS(=O)(=O)c1ncn(C)c1Cl. The van der Waals surface area contributed by atoms with E-state index in [1.165, 1.54) is 23.0 Å². The van der Waals surface area contributed by atoms with Crippen LogP contribution >= 0.6 is 11.6 Å². The smallest absolute Gasteiger partial charge is 0.261 e. The van der Waals surface area contributed by atoms with Gasteiger partial charge in [0.05, 0.1) is 6.33 Å². The summed E-state index contributed by atoms with van der Waals surface area (Å²) in [5.41, 5.74) is 0.832. The van der Waals surface area contributed by atoms with Crippen LogP contribution in [0.5, 0.6) is 0 Å². The zero-order valence-electron chi connectivity index (χ0n) is 11.5. The third-order valence-electron chi connectivity index (χ3n) is 2.90. The maximum atomic E-state index is 12.8. The van der Waals surface area contributed by atoms with E-state index in [-0.39, 0.29) is 22.0 Å². The minimum atomic E-state index is -3.79. The third-order valence-corrected chi connectivity index (χ3v) is 4.98. The number of aryl methyl sites for hydroxylation is 1. The zero-order chi connectivity index (χ0) is 15.6. The van der Waals surface area contributed by atoms with Crippen LogP contribution in [0.3, 0.4) is 0 Å². The minimum absolute atomic E-state index is 0.0523. The minimum Gasteiger partial charge on any atom is -0.324 e. The molecule has 5 nitrogen and oxygen atoms in total. The Morgan fingerprint density at radius 1 is 1.38 bits per heavy atom. The van der Waals surface area contributed by atoms with Crippen molar-refractivity contribution in [1.82, 2.24) is 14.3 Å². The Kier molecular flexibility index (Phi) is 4.65. The second-order valence-corrected chi connectivity index (χ2v) is 6.79. The number of hydrogen-bond acceptors (Lipinski definition) is 3. The molecule has 0 amide bonds. The summed E-state index contributed by atoms with van der Waals surface area (Å²) in [6.45, 7) is 1.72. The molecule has 0 bridgehead atoms. The van der Waals surface area contributed by atoms with Gasteiger partial charge in [0, 0.05) is 13.1 Å². The topological polar surface area (TPSA) is 64.0 Å². The van der Waals surface area contributed by atoms with Crippen LogP contribution in [0.4, 0.5) is 4.39 Å². The van der Waals surface area contributed by atoms with Crippen molar-refractivity contribution in [2.75, 3.05) is 0 Å². The Hall–Kier alpha value is -1.44. The van der Waals surface area contributed by atoms with Crippen LogP contribution in [0.2, 0.25) is 5.15 Å². The predicted octanol–water partition coefficient (Wildman–Crippen LogP) is 2.12. The van der Waals surface area contributed by atoms with Gasteiger partial charge in [0.25, 0.3) is 10.0 Å². The van der Waals surface area contributed by atoms with Crippen LogP contribution in [-0.4, -0.2) is 24.0 Å². The third kappa shape index (κ3) is 3.81.